The van der Waals surface area contributed by atoms with Crippen molar-refractivity contribution in [2.24, 2.45) is 11.7 Å². The highest BCUT2D eigenvalue weighted by Crippen LogP contribution is 2.17. The van der Waals surface area contributed by atoms with E-state index >= 15 is 0 Å². The van der Waals surface area contributed by atoms with Gasteiger partial charge in [-0.05, 0) is 29.7 Å². The highest BCUT2D eigenvalue weighted by atomic mass is 32.2. The summed E-state index contributed by atoms with van der Waals surface area (Å²) in [6.07, 6.45) is 3.73. The molecule has 2 nitrogen and oxygen atoms in total. The summed E-state index contributed by atoms with van der Waals surface area (Å²) >= 11 is 1.92. The van der Waals surface area contributed by atoms with E-state index in [1.165, 1.54) is 11.3 Å². The van der Waals surface area contributed by atoms with Gasteiger partial charge in [0.05, 0.1) is 0 Å². The van der Waals surface area contributed by atoms with Gasteiger partial charge in [-0.3, -0.25) is 4.98 Å². The highest BCUT2D eigenvalue weighted by molar-refractivity contribution is 7.99. The number of nitrogens with two attached hydrogens (primary N) is 1. The summed E-state index contributed by atoms with van der Waals surface area (Å²) in [7, 11) is 0. The van der Waals surface area contributed by atoms with Gasteiger partial charge < -0.3 is 5.73 Å². The fourth-order valence-electron chi connectivity index (χ4n) is 1.31. The van der Waals surface area contributed by atoms with Crippen molar-refractivity contribution in [3.8, 4) is 0 Å². The molecule has 1 aromatic rings. The molecule has 3 heteroatoms. The lowest BCUT2D eigenvalue weighted by Gasteiger charge is -2.12. The van der Waals surface area contributed by atoms with Gasteiger partial charge in [0.1, 0.15) is 0 Å². The maximum absolute atomic E-state index is 6.09. The Hall–Kier alpha value is -0.540. The zero-order valence-electron chi connectivity index (χ0n) is 9.73. The van der Waals surface area contributed by atoms with E-state index in [0.29, 0.717) is 0 Å². The second-order valence-corrected chi connectivity index (χ2v) is 5.41. The predicted octanol–water partition coefficient (Wildman–Crippen LogP) is 2.78. The van der Waals surface area contributed by atoms with Gasteiger partial charge in [0.2, 0.25) is 0 Å². The predicted molar refractivity (Wildman–Crippen MR) is 68.1 cm³/mol. The summed E-state index contributed by atoms with van der Waals surface area (Å²) in [6.45, 7) is 6.50. The Morgan fingerprint density at radius 3 is 2.67 bits per heavy atom. The van der Waals surface area contributed by atoms with E-state index < -0.39 is 0 Å². The maximum Gasteiger partial charge on any atom is 0.0402 e. The second kappa shape index (κ2) is 6.13. The smallest absolute Gasteiger partial charge is 0.0402 e. The van der Waals surface area contributed by atoms with Crippen molar-refractivity contribution in [1.82, 2.24) is 4.98 Å². The molecule has 0 saturated carbocycles. The van der Waals surface area contributed by atoms with Gasteiger partial charge in [0, 0.05) is 24.2 Å². The fraction of sp³-hybridized carbons (Fsp3) is 0.583. The molecular formula is C12H20N2S. The maximum atomic E-state index is 6.09. The third-order valence-electron chi connectivity index (χ3n) is 2.07. The van der Waals surface area contributed by atoms with Crippen LogP contribution in [0.5, 0.6) is 0 Å². The molecule has 0 radical (unpaired) electrons. The Balaban J connectivity index is 2.43. The van der Waals surface area contributed by atoms with Crippen LogP contribution in [0.1, 0.15) is 31.0 Å². The number of thioether (sulfide) groups is 1. The van der Waals surface area contributed by atoms with Crippen LogP contribution in [-0.4, -0.2) is 16.5 Å². The molecule has 0 aromatic carbocycles. The molecule has 1 heterocycles. The van der Waals surface area contributed by atoms with Crippen LogP contribution in [0.2, 0.25) is 0 Å². The summed E-state index contributed by atoms with van der Waals surface area (Å²) in [6, 6.07) is 2.23. The van der Waals surface area contributed by atoms with Crippen molar-refractivity contribution < 1.29 is 0 Å². The monoisotopic (exact) mass is 224 g/mol. The SMILES string of the molecule is Cc1cncc(C(N)CSCC(C)C)c1. The van der Waals surface area contributed by atoms with E-state index in [0.717, 1.165) is 17.2 Å². The molecular weight excluding hydrogens is 204 g/mol. The third-order valence-corrected chi connectivity index (χ3v) is 3.57. The van der Waals surface area contributed by atoms with Crippen molar-refractivity contribution in [3.05, 3.63) is 29.6 Å². The van der Waals surface area contributed by atoms with Crippen LogP contribution in [0.15, 0.2) is 18.5 Å². The van der Waals surface area contributed by atoms with E-state index in [4.69, 9.17) is 5.73 Å². The molecule has 1 aromatic heterocycles. The molecule has 0 amide bonds. The van der Waals surface area contributed by atoms with Crippen LogP contribution in [0.3, 0.4) is 0 Å². The van der Waals surface area contributed by atoms with Gasteiger partial charge in [-0.15, -0.1) is 0 Å². The van der Waals surface area contributed by atoms with E-state index in [1.54, 1.807) is 0 Å². The van der Waals surface area contributed by atoms with E-state index in [9.17, 15) is 0 Å². The lowest BCUT2D eigenvalue weighted by Crippen LogP contribution is -2.14. The largest absolute Gasteiger partial charge is 0.323 e. The molecule has 15 heavy (non-hydrogen) atoms. The minimum Gasteiger partial charge on any atom is -0.323 e. The first kappa shape index (κ1) is 12.5. The molecule has 0 saturated heterocycles. The van der Waals surface area contributed by atoms with Crippen LogP contribution in [0, 0.1) is 12.8 Å². The second-order valence-electron chi connectivity index (χ2n) is 4.33. The standard InChI is InChI=1S/C12H20N2S/c1-9(2)7-15-8-12(13)11-4-10(3)5-14-6-11/h4-6,9,12H,7-8,13H2,1-3H3. The van der Waals surface area contributed by atoms with Gasteiger partial charge in [-0.1, -0.05) is 19.9 Å². The van der Waals surface area contributed by atoms with E-state index in [1.807, 2.05) is 31.1 Å². The van der Waals surface area contributed by atoms with E-state index in [-0.39, 0.29) is 6.04 Å². The van der Waals surface area contributed by atoms with Gasteiger partial charge in [-0.25, -0.2) is 0 Å². The van der Waals surface area contributed by atoms with Gasteiger partial charge in [0.15, 0.2) is 0 Å². The molecule has 84 valence electrons. The Morgan fingerprint density at radius 2 is 2.07 bits per heavy atom. The lowest BCUT2D eigenvalue weighted by atomic mass is 10.1. The van der Waals surface area contributed by atoms with Gasteiger partial charge in [0.25, 0.3) is 0 Å². The highest BCUT2D eigenvalue weighted by Gasteiger charge is 2.06. The normalized spacial score (nSPS) is 13.1. The van der Waals surface area contributed by atoms with Gasteiger partial charge in [-0.2, -0.15) is 11.8 Å². The summed E-state index contributed by atoms with van der Waals surface area (Å²) in [5.74, 6) is 2.88. The van der Waals surface area contributed by atoms with Gasteiger partial charge >= 0.3 is 0 Å². The molecule has 1 unspecified atom stereocenters. The van der Waals surface area contributed by atoms with E-state index in [2.05, 4.69) is 24.9 Å². The number of rotatable bonds is 5. The average Bonchev–Trinajstić information content (AvgIpc) is 2.17. The first-order valence-electron chi connectivity index (χ1n) is 5.34. The number of aryl methyl sites for hydroxylation is 1. The molecule has 0 spiro atoms. The number of pyridine rings is 1. The van der Waals surface area contributed by atoms with Crippen molar-refractivity contribution in [1.29, 1.82) is 0 Å². The van der Waals surface area contributed by atoms with Crippen molar-refractivity contribution in [2.75, 3.05) is 11.5 Å². The Labute approximate surface area is 96.7 Å². The zero-order valence-corrected chi connectivity index (χ0v) is 10.6. The quantitative estimate of drug-likeness (QED) is 0.836. The summed E-state index contributed by atoms with van der Waals surface area (Å²) < 4.78 is 0. The average molecular weight is 224 g/mol. The third kappa shape index (κ3) is 4.67. The molecule has 0 aliphatic carbocycles. The van der Waals surface area contributed by atoms with Crippen LogP contribution in [-0.2, 0) is 0 Å². The fourth-order valence-corrected chi connectivity index (χ4v) is 2.36. The Kier molecular flexibility index (Phi) is 5.12. The molecule has 1 atom stereocenters. The number of hydrogen-bond acceptors (Lipinski definition) is 3. The first-order chi connectivity index (χ1) is 7.09. The summed E-state index contributed by atoms with van der Waals surface area (Å²) in [5, 5.41) is 0. The Bertz CT molecular complexity index is 299. The minimum atomic E-state index is 0.112. The Morgan fingerprint density at radius 1 is 1.33 bits per heavy atom. The minimum absolute atomic E-state index is 0.112. The molecule has 0 bridgehead atoms. The summed E-state index contributed by atoms with van der Waals surface area (Å²) in [4.78, 5) is 4.16. The molecule has 1 rings (SSSR count). The van der Waals surface area contributed by atoms with Crippen molar-refractivity contribution in [2.45, 2.75) is 26.8 Å². The molecule has 2 N–H and O–H groups in total. The molecule has 0 aliphatic rings. The lowest BCUT2D eigenvalue weighted by molar-refractivity contribution is 0.746. The van der Waals surface area contributed by atoms with Crippen molar-refractivity contribution >= 4 is 11.8 Å². The van der Waals surface area contributed by atoms with Crippen molar-refractivity contribution in [3.63, 3.8) is 0 Å². The topological polar surface area (TPSA) is 38.9 Å². The number of hydrogen-bond donors (Lipinski definition) is 1. The molecule has 0 aliphatic heterocycles. The van der Waals surface area contributed by atoms with Crippen LogP contribution >= 0.6 is 11.8 Å². The number of aromatic nitrogens is 1. The number of nitrogens with zero attached hydrogens (tertiary/aromatic N) is 1. The summed E-state index contributed by atoms with van der Waals surface area (Å²) in [5.41, 5.74) is 8.41. The van der Waals surface area contributed by atoms with Crippen LogP contribution < -0.4 is 5.73 Å². The van der Waals surface area contributed by atoms with Crippen LogP contribution in [0.25, 0.3) is 0 Å². The first-order valence-corrected chi connectivity index (χ1v) is 6.50. The molecule has 0 fully saturated rings. The zero-order chi connectivity index (χ0) is 11.3. The van der Waals surface area contributed by atoms with Crippen LogP contribution in [0.4, 0.5) is 0 Å².